The highest BCUT2D eigenvalue weighted by Gasteiger charge is 2.30. The number of hydrogen-bond donors (Lipinski definition) is 1. The molecule has 1 aromatic heterocycles. The third-order valence-corrected chi connectivity index (χ3v) is 5.79. The van der Waals surface area contributed by atoms with E-state index in [0.29, 0.717) is 18.5 Å². The Morgan fingerprint density at radius 1 is 1.37 bits per heavy atom. The number of rotatable bonds is 6. The molecule has 7 nitrogen and oxygen atoms in total. The standard InChI is InChI=1S/C21H32ClN7.HI/c1-5-23-21(28(3)14-19-25-15-26-29(19)4)24-13-17-9-7-11-27(2)20(17)16-8-6-10-18(22)12-16;/h6,8,10,12,15,17,20H,5,7,9,11,13-14H2,1-4H3,(H,23,24);1H. The van der Waals surface area contributed by atoms with Gasteiger partial charge in [0.1, 0.15) is 12.2 Å². The summed E-state index contributed by atoms with van der Waals surface area (Å²) in [5.41, 5.74) is 1.28. The SMILES string of the molecule is CCNC(=NCC1CCCN(C)C1c1cccc(Cl)c1)N(C)Cc1ncnn1C.I. The van der Waals surface area contributed by atoms with E-state index in [2.05, 4.69) is 51.3 Å². The summed E-state index contributed by atoms with van der Waals surface area (Å²) in [5, 5.41) is 8.36. The second-order valence-electron chi connectivity index (χ2n) is 7.73. The maximum Gasteiger partial charge on any atom is 0.194 e. The van der Waals surface area contributed by atoms with Gasteiger partial charge >= 0.3 is 0 Å². The van der Waals surface area contributed by atoms with E-state index in [9.17, 15) is 0 Å². The zero-order chi connectivity index (χ0) is 20.8. The highest BCUT2D eigenvalue weighted by molar-refractivity contribution is 14.0. The van der Waals surface area contributed by atoms with Crippen LogP contribution in [0.2, 0.25) is 5.02 Å². The van der Waals surface area contributed by atoms with Crippen LogP contribution in [0.1, 0.15) is 37.2 Å². The topological polar surface area (TPSA) is 61.6 Å². The summed E-state index contributed by atoms with van der Waals surface area (Å²) in [4.78, 5) is 13.9. The van der Waals surface area contributed by atoms with Crippen LogP contribution in [0.15, 0.2) is 35.6 Å². The number of aryl methyl sites for hydroxylation is 1. The largest absolute Gasteiger partial charge is 0.357 e. The van der Waals surface area contributed by atoms with Crippen LogP contribution in [0.25, 0.3) is 0 Å². The molecule has 9 heteroatoms. The van der Waals surface area contributed by atoms with E-state index in [-0.39, 0.29) is 24.0 Å². The van der Waals surface area contributed by atoms with Crippen molar-refractivity contribution in [1.29, 1.82) is 0 Å². The second-order valence-corrected chi connectivity index (χ2v) is 8.17. The van der Waals surface area contributed by atoms with Gasteiger partial charge in [0.2, 0.25) is 0 Å². The Bertz CT molecular complexity index is 825. The molecule has 0 spiro atoms. The van der Waals surface area contributed by atoms with E-state index >= 15 is 0 Å². The molecule has 0 saturated carbocycles. The average Bonchev–Trinajstić information content (AvgIpc) is 3.09. The van der Waals surface area contributed by atoms with Gasteiger partial charge in [-0.2, -0.15) is 5.10 Å². The van der Waals surface area contributed by atoms with Crippen molar-refractivity contribution in [2.24, 2.45) is 18.0 Å². The Labute approximate surface area is 201 Å². The number of benzene rings is 1. The number of aliphatic imine (C=N–C) groups is 1. The van der Waals surface area contributed by atoms with E-state index < -0.39 is 0 Å². The number of hydrogen-bond acceptors (Lipinski definition) is 4. The van der Waals surface area contributed by atoms with Crippen molar-refractivity contribution < 1.29 is 0 Å². The molecule has 166 valence electrons. The summed E-state index contributed by atoms with van der Waals surface area (Å²) >= 11 is 6.27. The Kier molecular flexibility index (Phi) is 9.83. The number of piperidine rings is 1. The minimum Gasteiger partial charge on any atom is -0.357 e. The molecule has 30 heavy (non-hydrogen) atoms. The molecule has 1 saturated heterocycles. The van der Waals surface area contributed by atoms with E-state index in [0.717, 1.165) is 42.9 Å². The van der Waals surface area contributed by atoms with Gasteiger partial charge in [-0.05, 0) is 57.0 Å². The normalized spacial score (nSPS) is 20.0. The fourth-order valence-electron chi connectivity index (χ4n) is 4.09. The Morgan fingerprint density at radius 3 is 2.83 bits per heavy atom. The predicted molar refractivity (Wildman–Crippen MR) is 133 cm³/mol. The lowest BCUT2D eigenvalue weighted by atomic mass is 9.85. The van der Waals surface area contributed by atoms with Crippen LogP contribution in [0, 0.1) is 5.92 Å². The molecule has 2 atom stereocenters. The van der Waals surface area contributed by atoms with Crippen molar-refractivity contribution in [2.45, 2.75) is 32.4 Å². The van der Waals surface area contributed by atoms with E-state index in [1.807, 2.05) is 26.2 Å². The fraction of sp³-hybridized carbons (Fsp3) is 0.571. The van der Waals surface area contributed by atoms with Crippen molar-refractivity contribution >= 4 is 41.5 Å². The zero-order valence-corrected chi connectivity index (χ0v) is 21.3. The zero-order valence-electron chi connectivity index (χ0n) is 18.3. The van der Waals surface area contributed by atoms with Gasteiger partial charge in [-0.1, -0.05) is 23.7 Å². The summed E-state index contributed by atoms with van der Waals surface area (Å²) < 4.78 is 1.80. The van der Waals surface area contributed by atoms with Gasteiger partial charge in [-0.3, -0.25) is 14.6 Å². The lowest BCUT2D eigenvalue weighted by Crippen LogP contribution is -2.41. The van der Waals surface area contributed by atoms with Crippen molar-refractivity contribution in [3.63, 3.8) is 0 Å². The van der Waals surface area contributed by atoms with Crippen LogP contribution < -0.4 is 5.32 Å². The van der Waals surface area contributed by atoms with Crippen molar-refractivity contribution in [2.75, 3.05) is 33.7 Å². The predicted octanol–water partition coefficient (Wildman–Crippen LogP) is 3.57. The van der Waals surface area contributed by atoms with Gasteiger partial charge in [0.05, 0.1) is 6.54 Å². The lowest BCUT2D eigenvalue weighted by Gasteiger charge is -2.39. The summed E-state index contributed by atoms with van der Waals surface area (Å²) in [6, 6.07) is 8.58. The number of nitrogens with zero attached hydrogens (tertiary/aromatic N) is 6. The summed E-state index contributed by atoms with van der Waals surface area (Å²) in [6.07, 6.45) is 3.94. The van der Waals surface area contributed by atoms with Crippen LogP contribution in [-0.4, -0.2) is 64.3 Å². The lowest BCUT2D eigenvalue weighted by molar-refractivity contribution is 0.125. The van der Waals surface area contributed by atoms with Crippen molar-refractivity contribution in [3.8, 4) is 0 Å². The monoisotopic (exact) mass is 545 g/mol. The molecular weight excluding hydrogens is 513 g/mol. The maximum atomic E-state index is 6.27. The van der Waals surface area contributed by atoms with Crippen LogP contribution >= 0.6 is 35.6 Å². The number of nitrogens with one attached hydrogen (secondary N) is 1. The van der Waals surface area contributed by atoms with Gasteiger partial charge in [-0.25, -0.2) is 4.98 Å². The number of aromatic nitrogens is 3. The minimum absolute atomic E-state index is 0. The first-order valence-electron chi connectivity index (χ1n) is 10.3. The Morgan fingerprint density at radius 2 is 2.17 bits per heavy atom. The van der Waals surface area contributed by atoms with Gasteiger partial charge in [0.25, 0.3) is 0 Å². The Balaban J connectivity index is 0.00000320. The number of likely N-dealkylation sites (tertiary alicyclic amines) is 1. The third kappa shape index (κ3) is 6.31. The Hall–Kier alpha value is -1.39. The quantitative estimate of drug-likeness (QED) is 0.342. The molecule has 0 amide bonds. The first-order chi connectivity index (χ1) is 14.0. The molecule has 1 N–H and O–H groups in total. The number of guanidine groups is 1. The fourth-order valence-corrected chi connectivity index (χ4v) is 4.29. The first kappa shape index (κ1) is 24.9. The summed E-state index contributed by atoms with van der Waals surface area (Å²) in [6.45, 7) is 5.44. The van der Waals surface area contributed by atoms with Crippen LogP contribution in [0.3, 0.4) is 0 Å². The summed E-state index contributed by atoms with van der Waals surface area (Å²) in [5.74, 6) is 2.25. The molecule has 2 unspecified atom stereocenters. The maximum absolute atomic E-state index is 6.27. The smallest absolute Gasteiger partial charge is 0.194 e. The van der Waals surface area contributed by atoms with E-state index in [1.54, 1.807) is 11.0 Å². The second kappa shape index (κ2) is 11.9. The molecule has 2 heterocycles. The highest BCUT2D eigenvalue weighted by atomic mass is 127. The van der Waals surface area contributed by atoms with E-state index in [4.69, 9.17) is 16.6 Å². The molecule has 1 aliphatic rings. The first-order valence-corrected chi connectivity index (χ1v) is 10.7. The van der Waals surface area contributed by atoms with Gasteiger partial charge in [0, 0.05) is 38.2 Å². The molecule has 3 rings (SSSR count). The van der Waals surface area contributed by atoms with Crippen molar-refractivity contribution in [3.05, 3.63) is 47.0 Å². The minimum atomic E-state index is 0. The molecule has 2 aromatic rings. The highest BCUT2D eigenvalue weighted by Crippen LogP contribution is 2.36. The average molecular weight is 546 g/mol. The molecule has 0 aliphatic carbocycles. The van der Waals surface area contributed by atoms with Gasteiger partial charge < -0.3 is 10.2 Å². The van der Waals surface area contributed by atoms with Crippen LogP contribution in [0.4, 0.5) is 0 Å². The third-order valence-electron chi connectivity index (χ3n) is 5.55. The van der Waals surface area contributed by atoms with Gasteiger partial charge in [0.15, 0.2) is 5.96 Å². The molecule has 0 radical (unpaired) electrons. The molecular formula is C21H33ClIN7. The number of halogens is 2. The van der Waals surface area contributed by atoms with Gasteiger partial charge in [-0.15, -0.1) is 24.0 Å². The van der Waals surface area contributed by atoms with E-state index in [1.165, 1.54) is 12.0 Å². The van der Waals surface area contributed by atoms with Crippen LogP contribution in [-0.2, 0) is 13.6 Å². The molecule has 1 fully saturated rings. The molecule has 0 bridgehead atoms. The molecule has 1 aromatic carbocycles. The summed E-state index contributed by atoms with van der Waals surface area (Å²) in [7, 11) is 6.15. The molecule has 1 aliphatic heterocycles. The van der Waals surface area contributed by atoms with Crippen molar-refractivity contribution in [1.82, 2.24) is 29.9 Å². The van der Waals surface area contributed by atoms with Crippen LogP contribution in [0.5, 0.6) is 0 Å².